The van der Waals surface area contributed by atoms with Gasteiger partial charge < -0.3 is 10.1 Å². The molecule has 0 aromatic heterocycles. The summed E-state index contributed by atoms with van der Waals surface area (Å²) < 4.78 is 19.5. The van der Waals surface area contributed by atoms with Crippen LogP contribution < -0.4 is 10.1 Å². The molecule has 0 saturated heterocycles. The van der Waals surface area contributed by atoms with Gasteiger partial charge in [0, 0.05) is 11.6 Å². The second-order valence-corrected chi connectivity index (χ2v) is 4.58. The molecule has 1 unspecified atom stereocenters. The van der Waals surface area contributed by atoms with Crippen molar-refractivity contribution < 1.29 is 9.13 Å². The predicted octanol–water partition coefficient (Wildman–Crippen LogP) is 4.21. The van der Waals surface area contributed by atoms with Gasteiger partial charge in [-0.05, 0) is 44.7 Å². The molecule has 2 rings (SSSR count). The lowest BCUT2D eigenvalue weighted by molar-refractivity contribution is 0.431. The number of halogens is 1. The number of hydrogen-bond acceptors (Lipinski definition) is 2. The predicted molar refractivity (Wildman–Crippen MR) is 75.1 cm³/mol. The highest BCUT2D eigenvalue weighted by Crippen LogP contribution is 2.31. The topological polar surface area (TPSA) is 21.3 Å². The zero-order valence-electron chi connectivity index (χ0n) is 11.4. The van der Waals surface area contributed by atoms with Crippen molar-refractivity contribution in [2.45, 2.75) is 19.9 Å². The molecule has 0 amide bonds. The summed E-state index contributed by atoms with van der Waals surface area (Å²) in [5, 5.41) is 3.16. The number of benzene rings is 2. The molecule has 0 aliphatic heterocycles. The minimum atomic E-state index is -0.350. The zero-order chi connectivity index (χ0) is 13.8. The molecule has 0 radical (unpaired) electrons. The minimum absolute atomic E-state index is 0.143. The van der Waals surface area contributed by atoms with Crippen LogP contribution in [0.2, 0.25) is 0 Å². The Balaban J connectivity index is 2.35. The van der Waals surface area contributed by atoms with Gasteiger partial charge in [-0.1, -0.05) is 24.3 Å². The van der Waals surface area contributed by atoms with E-state index in [1.54, 1.807) is 12.1 Å². The molecule has 100 valence electrons. The number of aryl methyl sites for hydroxylation is 1. The average Bonchev–Trinajstić information content (AvgIpc) is 2.42. The molecule has 0 bridgehead atoms. The summed E-state index contributed by atoms with van der Waals surface area (Å²) in [5.74, 6) is 0.585. The molecule has 3 heteroatoms. The minimum Gasteiger partial charge on any atom is -0.454 e. The quantitative estimate of drug-likeness (QED) is 0.888. The Hall–Kier alpha value is -1.87. The molecule has 0 spiro atoms. The Kier molecular flexibility index (Phi) is 4.17. The van der Waals surface area contributed by atoms with Crippen molar-refractivity contribution in [2.75, 3.05) is 7.05 Å². The number of nitrogens with one attached hydrogen (secondary N) is 1. The van der Waals surface area contributed by atoms with Crippen molar-refractivity contribution in [1.29, 1.82) is 0 Å². The smallest absolute Gasteiger partial charge is 0.165 e. The van der Waals surface area contributed by atoms with Crippen LogP contribution in [-0.4, -0.2) is 7.05 Å². The summed E-state index contributed by atoms with van der Waals surface area (Å²) in [5.41, 5.74) is 1.97. The fraction of sp³-hybridized carbons (Fsp3) is 0.250. The van der Waals surface area contributed by atoms with E-state index in [4.69, 9.17) is 4.74 Å². The van der Waals surface area contributed by atoms with E-state index in [2.05, 4.69) is 5.32 Å². The van der Waals surface area contributed by atoms with Crippen molar-refractivity contribution >= 4 is 0 Å². The maximum atomic E-state index is 13.7. The van der Waals surface area contributed by atoms with Crippen LogP contribution >= 0.6 is 0 Å². The highest BCUT2D eigenvalue weighted by molar-refractivity contribution is 5.40. The van der Waals surface area contributed by atoms with Gasteiger partial charge >= 0.3 is 0 Å². The summed E-state index contributed by atoms with van der Waals surface area (Å²) in [7, 11) is 1.88. The van der Waals surface area contributed by atoms with E-state index in [1.807, 2.05) is 45.2 Å². The fourth-order valence-corrected chi connectivity index (χ4v) is 1.89. The van der Waals surface area contributed by atoms with E-state index in [1.165, 1.54) is 6.07 Å². The van der Waals surface area contributed by atoms with Gasteiger partial charge in [0.25, 0.3) is 0 Å². The van der Waals surface area contributed by atoms with E-state index >= 15 is 0 Å². The van der Waals surface area contributed by atoms with Gasteiger partial charge in [0.2, 0.25) is 0 Å². The van der Waals surface area contributed by atoms with Gasteiger partial charge in [0.15, 0.2) is 11.6 Å². The monoisotopic (exact) mass is 259 g/mol. The van der Waals surface area contributed by atoms with Crippen LogP contribution in [0.25, 0.3) is 0 Å². The van der Waals surface area contributed by atoms with E-state index in [9.17, 15) is 4.39 Å². The Bertz CT molecular complexity index is 568. The van der Waals surface area contributed by atoms with Gasteiger partial charge in [-0.15, -0.1) is 0 Å². The van der Waals surface area contributed by atoms with E-state index < -0.39 is 0 Å². The molecule has 19 heavy (non-hydrogen) atoms. The van der Waals surface area contributed by atoms with Gasteiger partial charge in [0.05, 0.1) is 0 Å². The second-order valence-electron chi connectivity index (χ2n) is 4.58. The highest BCUT2D eigenvalue weighted by atomic mass is 19.1. The first-order chi connectivity index (χ1) is 9.11. The summed E-state index contributed by atoms with van der Waals surface area (Å²) in [6.07, 6.45) is 0. The van der Waals surface area contributed by atoms with E-state index in [-0.39, 0.29) is 17.6 Å². The van der Waals surface area contributed by atoms with Crippen LogP contribution in [0.15, 0.2) is 42.5 Å². The van der Waals surface area contributed by atoms with Crippen LogP contribution in [0.5, 0.6) is 11.5 Å². The number of hydrogen-bond donors (Lipinski definition) is 1. The molecule has 0 saturated carbocycles. The maximum Gasteiger partial charge on any atom is 0.165 e. The summed E-state index contributed by atoms with van der Waals surface area (Å²) in [4.78, 5) is 0. The zero-order valence-corrected chi connectivity index (χ0v) is 11.4. The normalized spacial score (nSPS) is 12.2. The molecule has 2 aromatic rings. The summed E-state index contributed by atoms with van der Waals surface area (Å²) >= 11 is 0. The van der Waals surface area contributed by atoms with Gasteiger partial charge in [-0.25, -0.2) is 4.39 Å². The first kappa shape index (κ1) is 13.6. The first-order valence-corrected chi connectivity index (χ1v) is 6.32. The Labute approximate surface area is 113 Å². The van der Waals surface area contributed by atoms with Crippen LogP contribution in [-0.2, 0) is 0 Å². The fourth-order valence-electron chi connectivity index (χ4n) is 1.89. The Morgan fingerprint density at radius 1 is 1.11 bits per heavy atom. The third kappa shape index (κ3) is 3.12. The Morgan fingerprint density at radius 2 is 1.84 bits per heavy atom. The maximum absolute atomic E-state index is 13.7. The van der Waals surface area contributed by atoms with Crippen molar-refractivity contribution in [3.05, 3.63) is 59.4 Å². The van der Waals surface area contributed by atoms with E-state index in [0.29, 0.717) is 5.75 Å². The summed E-state index contributed by atoms with van der Waals surface area (Å²) in [6, 6.07) is 12.7. The summed E-state index contributed by atoms with van der Waals surface area (Å²) in [6.45, 7) is 3.95. The van der Waals surface area contributed by atoms with Crippen LogP contribution in [0.1, 0.15) is 24.1 Å². The molecular weight excluding hydrogens is 241 g/mol. The second kappa shape index (κ2) is 5.85. The largest absolute Gasteiger partial charge is 0.454 e. The molecule has 0 aliphatic carbocycles. The third-order valence-corrected chi connectivity index (χ3v) is 3.13. The Morgan fingerprint density at radius 3 is 2.58 bits per heavy atom. The standard InChI is InChI=1S/C16H18FNO/c1-11-8-9-14(17)16(10-11)19-15-7-5-4-6-13(15)12(2)18-3/h4-10,12,18H,1-3H3. The first-order valence-electron chi connectivity index (χ1n) is 6.32. The average molecular weight is 259 g/mol. The lowest BCUT2D eigenvalue weighted by atomic mass is 10.1. The van der Waals surface area contributed by atoms with E-state index in [0.717, 1.165) is 11.1 Å². The molecule has 1 atom stereocenters. The van der Waals surface area contributed by atoms with Crippen molar-refractivity contribution in [2.24, 2.45) is 0 Å². The van der Waals surface area contributed by atoms with Crippen molar-refractivity contribution in [3.63, 3.8) is 0 Å². The third-order valence-electron chi connectivity index (χ3n) is 3.13. The number of para-hydroxylation sites is 1. The lowest BCUT2D eigenvalue weighted by Gasteiger charge is -2.16. The number of rotatable bonds is 4. The van der Waals surface area contributed by atoms with Gasteiger partial charge in [-0.2, -0.15) is 0 Å². The lowest BCUT2D eigenvalue weighted by Crippen LogP contribution is -2.13. The van der Waals surface area contributed by atoms with Crippen molar-refractivity contribution in [1.82, 2.24) is 5.32 Å². The van der Waals surface area contributed by atoms with Gasteiger partial charge in [0.1, 0.15) is 5.75 Å². The van der Waals surface area contributed by atoms with Crippen LogP contribution in [0.3, 0.4) is 0 Å². The van der Waals surface area contributed by atoms with Crippen LogP contribution in [0.4, 0.5) is 4.39 Å². The highest BCUT2D eigenvalue weighted by Gasteiger charge is 2.12. The SMILES string of the molecule is CNC(C)c1ccccc1Oc1cc(C)ccc1F. The van der Waals surface area contributed by atoms with Crippen LogP contribution in [0, 0.1) is 12.7 Å². The molecule has 0 heterocycles. The molecule has 0 aliphatic rings. The molecular formula is C16H18FNO. The number of ether oxygens (including phenoxy) is 1. The van der Waals surface area contributed by atoms with Gasteiger partial charge in [-0.3, -0.25) is 0 Å². The molecule has 2 nitrogen and oxygen atoms in total. The van der Waals surface area contributed by atoms with Crippen molar-refractivity contribution in [3.8, 4) is 11.5 Å². The molecule has 0 fully saturated rings. The molecule has 2 aromatic carbocycles. The molecule has 1 N–H and O–H groups in total.